The van der Waals surface area contributed by atoms with Crippen molar-refractivity contribution in [3.63, 3.8) is 0 Å². The lowest BCUT2D eigenvalue weighted by Crippen LogP contribution is -2.43. The molecule has 3 rings (SSSR count). The molecule has 3 nitrogen and oxygen atoms in total. The van der Waals surface area contributed by atoms with Gasteiger partial charge in [-0.25, -0.2) is 0 Å². The Bertz CT molecular complexity index is 542. The van der Waals surface area contributed by atoms with E-state index in [1.165, 1.54) is 0 Å². The highest BCUT2D eigenvalue weighted by Crippen LogP contribution is 2.71. The summed E-state index contributed by atoms with van der Waals surface area (Å²) in [6.45, 7) is 17.8. The first-order valence-corrected chi connectivity index (χ1v) is 8.98. The Hall–Kier alpha value is -0.990. The van der Waals surface area contributed by atoms with Crippen molar-refractivity contribution in [3.05, 3.63) is 12.3 Å². The highest BCUT2D eigenvalue weighted by Gasteiger charge is 2.65. The SMILES string of the molecule is C=C(OC1CCC2CC1(C)OC2=O)C1(CC(C)(C)C)CC1(C)C. The van der Waals surface area contributed by atoms with E-state index < -0.39 is 5.60 Å². The molecule has 2 bridgehead atoms. The van der Waals surface area contributed by atoms with E-state index in [0.29, 0.717) is 0 Å². The molecule has 0 spiro atoms. The molecule has 3 heteroatoms. The average Bonchev–Trinajstić information content (AvgIpc) is 2.81. The van der Waals surface area contributed by atoms with Gasteiger partial charge in [-0.15, -0.1) is 0 Å². The molecule has 4 unspecified atom stereocenters. The number of esters is 1. The molecule has 0 N–H and O–H groups in total. The fraction of sp³-hybridized carbons (Fsp3) is 0.850. The molecule has 0 radical (unpaired) electrons. The maximum atomic E-state index is 11.9. The standard InChI is InChI=1S/C20H32O3/c1-13(20(11-17(2,3)4)12-18(20,5)6)22-15-9-8-14-10-19(15,7)23-16(14)21/h14-15H,1,8-12H2,2-7H3. The van der Waals surface area contributed by atoms with Crippen molar-refractivity contribution in [3.8, 4) is 0 Å². The van der Waals surface area contributed by atoms with E-state index in [9.17, 15) is 4.79 Å². The van der Waals surface area contributed by atoms with Gasteiger partial charge in [0.1, 0.15) is 11.7 Å². The van der Waals surface area contributed by atoms with Gasteiger partial charge in [-0.2, -0.15) is 0 Å². The molecule has 1 saturated heterocycles. The van der Waals surface area contributed by atoms with Crippen LogP contribution in [0.25, 0.3) is 0 Å². The van der Waals surface area contributed by atoms with Gasteiger partial charge in [0.05, 0.1) is 11.7 Å². The summed E-state index contributed by atoms with van der Waals surface area (Å²) in [7, 11) is 0. The number of hydrogen-bond acceptors (Lipinski definition) is 3. The maximum Gasteiger partial charge on any atom is 0.309 e. The van der Waals surface area contributed by atoms with Gasteiger partial charge in [0.25, 0.3) is 0 Å². The zero-order valence-corrected chi connectivity index (χ0v) is 15.6. The first kappa shape index (κ1) is 16.9. The van der Waals surface area contributed by atoms with Gasteiger partial charge in [-0.05, 0) is 43.4 Å². The van der Waals surface area contributed by atoms with Gasteiger partial charge in [0, 0.05) is 11.8 Å². The van der Waals surface area contributed by atoms with E-state index in [1.54, 1.807) is 0 Å². The fourth-order valence-electron chi connectivity index (χ4n) is 4.96. The maximum absolute atomic E-state index is 11.9. The van der Waals surface area contributed by atoms with E-state index in [-0.39, 0.29) is 34.2 Å². The van der Waals surface area contributed by atoms with E-state index >= 15 is 0 Å². The molecule has 3 fully saturated rings. The quantitative estimate of drug-likeness (QED) is 0.548. The van der Waals surface area contributed by atoms with Gasteiger partial charge in [0.15, 0.2) is 0 Å². The van der Waals surface area contributed by atoms with Crippen LogP contribution in [0.1, 0.15) is 73.6 Å². The molecular weight excluding hydrogens is 288 g/mol. The van der Waals surface area contributed by atoms with Crippen molar-refractivity contribution in [2.75, 3.05) is 0 Å². The van der Waals surface area contributed by atoms with Gasteiger partial charge in [-0.3, -0.25) is 4.79 Å². The molecule has 2 aliphatic carbocycles. The lowest BCUT2D eigenvalue weighted by atomic mass is 9.77. The number of allylic oxidation sites excluding steroid dienone is 1. The van der Waals surface area contributed by atoms with Crippen molar-refractivity contribution in [2.45, 2.75) is 85.4 Å². The normalized spacial score (nSPS) is 41.4. The van der Waals surface area contributed by atoms with Crippen molar-refractivity contribution in [1.82, 2.24) is 0 Å². The Balaban J connectivity index is 1.75. The number of ether oxygens (including phenoxy) is 2. The van der Waals surface area contributed by atoms with Crippen LogP contribution in [-0.4, -0.2) is 17.7 Å². The molecule has 23 heavy (non-hydrogen) atoms. The number of carbonyl (C=O) groups is 1. The van der Waals surface area contributed by atoms with Gasteiger partial charge in [0.2, 0.25) is 0 Å². The smallest absolute Gasteiger partial charge is 0.309 e. The molecule has 3 aliphatic rings. The van der Waals surface area contributed by atoms with E-state index in [2.05, 4.69) is 41.2 Å². The van der Waals surface area contributed by atoms with Crippen LogP contribution >= 0.6 is 0 Å². The Morgan fingerprint density at radius 1 is 1.30 bits per heavy atom. The van der Waals surface area contributed by atoms with Gasteiger partial charge < -0.3 is 9.47 Å². The highest BCUT2D eigenvalue weighted by atomic mass is 16.6. The third-order valence-corrected chi connectivity index (χ3v) is 6.34. The van der Waals surface area contributed by atoms with Crippen molar-refractivity contribution >= 4 is 5.97 Å². The summed E-state index contributed by atoms with van der Waals surface area (Å²) in [5.41, 5.74) is 0.0647. The van der Waals surface area contributed by atoms with Gasteiger partial charge in [-0.1, -0.05) is 41.2 Å². The minimum atomic E-state index is -0.467. The minimum Gasteiger partial charge on any atom is -0.491 e. The second-order valence-electron chi connectivity index (χ2n) is 10.1. The Labute approximate surface area is 140 Å². The summed E-state index contributed by atoms with van der Waals surface area (Å²) in [6, 6.07) is 0. The lowest BCUT2D eigenvalue weighted by molar-refractivity contribution is -0.157. The monoisotopic (exact) mass is 320 g/mol. The van der Waals surface area contributed by atoms with Crippen molar-refractivity contribution in [1.29, 1.82) is 0 Å². The first-order valence-electron chi connectivity index (χ1n) is 8.98. The summed E-state index contributed by atoms with van der Waals surface area (Å²) in [4.78, 5) is 11.9. The Kier molecular flexibility index (Phi) is 3.49. The molecule has 0 aromatic heterocycles. The molecule has 1 aliphatic heterocycles. The topological polar surface area (TPSA) is 35.5 Å². The van der Waals surface area contributed by atoms with Crippen LogP contribution in [0.3, 0.4) is 0 Å². The number of carbonyl (C=O) groups excluding carboxylic acids is 1. The third kappa shape index (κ3) is 2.70. The van der Waals surface area contributed by atoms with Crippen LogP contribution in [0.4, 0.5) is 0 Å². The lowest BCUT2D eigenvalue weighted by Gasteiger charge is -2.39. The molecule has 0 aromatic rings. The second-order valence-corrected chi connectivity index (χ2v) is 10.1. The van der Waals surface area contributed by atoms with Crippen molar-refractivity contribution < 1.29 is 14.3 Å². The molecule has 4 atom stereocenters. The summed E-state index contributed by atoms with van der Waals surface area (Å²) < 4.78 is 12.1. The summed E-state index contributed by atoms with van der Waals surface area (Å²) in [5, 5.41) is 0. The second kappa shape index (κ2) is 4.77. The molecular formula is C20H32O3. The number of fused-ring (bicyclic) bond motifs is 2. The van der Waals surface area contributed by atoms with Crippen LogP contribution in [0, 0.1) is 22.2 Å². The zero-order chi connectivity index (χ0) is 17.3. The summed E-state index contributed by atoms with van der Waals surface area (Å²) in [5.74, 6) is 0.944. The third-order valence-electron chi connectivity index (χ3n) is 6.34. The Morgan fingerprint density at radius 2 is 1.91 bits per heavy atom. The van der Waals surface area contributed by atoms with E-state index in [1.807, 2.05) is 6.92 Å². The largest absolute Gasteiger partial charge is 0.491 e. The molecule has 130 valence electrons. The predicted octanol–water partition coefficient (Wildman–Crippen LogP) is 4.85. The molecule has 2 saturated carbocycles. The van der Waals surface area contributed by atoms with Gasteiger partial charge >= 0.3 is 5.97 Å². The first-order chi connectivity index (χ1) is 10.4. The zero-order valence-electron chi connectivity index (χ0n) is 15.6. The van der Waals surface area contributed by atoms with Crippen LogP contribution < -0.4 is 0 Å². The summed E-state index contributed by atoms with van der Waals surface area (Å²) in [6.07, 6.45) is 4.71. The number of hydrogen-bond donors (Lipinski definition) is 0. The minimum absolute atomic E-state index is 0.0413. The highest BCUT2D eigenvalue weighted by molar-refractivity contribution is 5.75. The molecule has 0 aromatic carbocycles. The summed E-state index contributed by atoms with van der Waals surface area (Å²) >= 11 is 0. The van der Waals surface area contributed by atoms with Crippen LogP contribution in [-0.2, 0) is 14.3 Å². The van der Waals surface area contributed by atoms with Crippen LogP contribution in [0.5, 0.6) is 0 Å². The number of rotatable bonds is 4. The van der Waals surface area contributed by atoms with E-state index in [4.69, 9.17) is 9.47 Å². The average molecular weight is 320 g/mol. The van der Waals surface area contributed by atoms with E-state index in [0.717, 1.165) is 37.9 Å². The fourth-order valence-corrected chi connectivity index (χ4v) is 4.96. The van der Waals surface area contributed by atoms with Crippen molar-refractivity contribution in [2.24, 2.45) is 22.2 Å². The molecule has 0 amide bonds. The van der Waals surface area contributed by atoms with Crippen LogP contribution in [0.15, 0.2) is 12.3 Å². The molecule has 1 heterocycles. The predicted molar refractivity (Wildman–Crippen MR) is 90.8 cm³/mol. The van der Waals surface area contributed by atoms with Crippen LogP contribution in [0.2, 0.25) is 0 Å². The Morgan fingerprint density at radius 3 is 2.43 bits per heavy atom.